The van der Waals surface area contributed by atoms with Gasteiger partial charge in [-0.25, -0.2) is 0 Å². The fraction of sp³-hybridized carbons (Fsp3) is 0.700. The summed E-state index contributed by atoms with van der Waals surface area (Å²) >= 11 is 0. The number of ether oxygens (including phenoxy) is 1. The first-order valence-corrected chi connectivity index (χ1v) is 4.68. The number of likely N-dealkylation sites (N-methyl/N-ethyl adjacent to an activating group) is 1. The maximum absolute atomic E-state index is 11.4. The summed E-state index contributed by atoms with van der Waals surface area (Å²) < 4.78 is 5.13. The van der Waals surface area contributed by atoms with E-state index >= 15 is 0 Å². The van der Waals surface area contributed by atoms with Crippen molar-refractivity contribution in [2.45, 2.75) is 6.92 Å². The molecule has 0 bridgehead atoms. The number of nitrogens with one attached hydrogen (secondary N) is 1. The fourth-order valence-corrected chi connectivity index (χ4v) is 0.847. The van der Waals surface area contributed by atoms with Crippen LogP contribution in [0.2, 0.25) is 0 Å². The Hall–Kier alpha value is -1.05. The summed E-state index contributed by atoms with van der Waals surface area (Å²) in [5.74, 6) is 2.44. The standard InChI is InChI=1S/C10H18N2O2/c1-4-6-11-9-10(13)12(3)7-8-14-5-2/h1,11H,5-9H2,2-3H3. The number of rotatable bonds is 7. The zero-order valence-electron chi connectivity index (χ0n) is 8.88. The summed E-state index contributed by atoms with van der Waals surface area (Å²) in [5, 5.41) is 2.84. The predicted molar refractivity (Wildman–Crippen MR) is 55.8 cm³/mol. The Morgan fingerprint density at radius 3 is 2.93 bits per heavy atom. The van der Waals surface area contributed by atoms with E-state index < -0.39 is 0 Å². The van der Waals surface area contributed by atoms with Crippen LogP contribution in [-0.2, 0) is 9.53 Å². The summed E-state index contributed by atoms with van der Waals surface area (Å²) in [7, 11) is 1.75. The molecule has 1 N–H and O–H groups in total. The highest BCUT2D eigenvalue weighted by Crippen LogP contribution is 1.84. The number of carbonyl (C=O) groups is 1. The Kier molecular flexibility index (Phi) is 7.90. The van der Waals surface area contributed by atoms with Crippen LogP contribution in [0.4, 0.5) is 0 Å². The number of terminal acetylenes is 1. The second-order valence-electron chi connectivity index (χ2n) is 2.82. The highest BCUT2D eigenvalue weighted by Gasteiger charge is 2.06. The van der Waals surface area contributed by atoms with Gasteiger partial charge in [0.05, 0.1) is 19.7 Å². The van der Waals surface area contributed by atoms with E-state index in [2.05, 4.69) is 11.2 Å². The second-order valence-corrected chi connectivity index (χ2v) is 2.82. The summed E-state index contributed by atoms with van der Waals surface area (Å²) in [4.78, 5) is 13.0. The second kappa shape index (κ2) is 8.54. The first-order valence-electron chi connectivity index (χ1n) is 4.68. The van der Waals surface area contributed by atoms with E-state index in [1.807, 2.05) is 6.92 Å². The fourth-order valence-electron chi connectivity index (χ4n) is 0.847. The van der Waals surface area contributed by atoms with Crippen molar-refractivity contribution < 1.29 is 9.53 Å². The lowest BCUT2D eigenvalue weighted by atomic mass is 10.4. The van der Waals surface area contributed by atoms with Gasteiger partial charge >= 0.3 is 0 Å². The van der Waals surface area contributed by atoms with Gasteiger partial charge in [-0.15, -0.1) is 6.42 Å². The lowest BCUT2D eigenvalue weighted by Crippen LogP contribution is -2.37. The molecule has 0 unspecified atom stereocenters. The number of hydrogen-bond donors (Lipinski definition) is 1. The molecular weight excluding hydrogens is 180 g/mol. The van der Waals surface area contributed by atoms with Crippen molar-refractivity contribution in [2.75, 3.05) is 39.9 Å². The molecule has 0 saturated carbocycles. The lowest BCUT2D eigenvalue weighted by molar-refractivity contribution is -0.129. The minimum absolute atomic E-state index is 0.0277. The van der Waals surface area contributed by atoms with Gasteiger partial charge in [0.25, 0.3) is 0 Å². The average molecular weight is 198 g/mol. The van der Waals surface area contributed by atoms with Crippen LogP contribution in [0.3, 0.4) is 0 Å². The van der Waals surface area contributed by atoms with Crippen molar-refractivity contribution in [3.63, 3.8) is 0 Å². The lowest BCUT2D eigenvalue weighted by Gasteiger charge is -2.16. The van der Waals surface area contributed by atoms with Gasteiger partial charge in [0.2, 0.25) is 5.91 Å². The van der Waals surface area contributed by atoms with Crippen LogP contribution in [-0.4, -0.2) is 50.7 Å². The quantitative estimate of drug-likeness (QED) is 0.451. The molecule has 0 aromatic carbocycles. The molecular formula is C10H18N2O2. The van der Waals surface area contributed by atoms with Crippen molar-refractivity contribution >= 4 is 5.91 Å². The summed E-state index contributed by atoms with van der Waals surface area (Å²) in [6.45, 7) is 4.50. The van der Waals surface area contributed by atoms with E-state index in [4.69, 9.17) is 11.2 Å². The summed E-state index contributed by atoms with van der Waals surface area (Å²) in [6, 6.07) is 0. The van der Waals surface area contributed by atoms with Crippen molar-refractivity contribution in [3.8, 4) is 12.3 Å². The molecule has 0 aliphatic heterocycles. The molecule has 0 aliphatic carbocycles. The highest BCUT2D eigenvalue weighted by molar-refractivity contribution is 5.77. The maximum Gasteiger partial charge on any atom is 0.236 e. The first kappa shape index (κ1) is 12.9. The van der Waals surface area contributed by atoms with Gasteiger partial charge in [-0.05, 0) is 6.92 Å². The van der Waals surface area contributed by atoms with Gasteiger partial charge in [0.1, 0.15) is 0 Å². The first-order chi connectivity index (χ1) is 6.72. The monoisotopic (exact) mass is 198 g/mol. The average Bonchev–Trinajstić information content (AvgIpc) is 2.18. The third-order valence-corrected chi connectivity index (χ3v) is 1.70. The highest BCUT2D eigenvalue weighted by atomic mass is 16.5. The molecule has 0 aromatic heterocycles. The minimum atomic E-state index is 0.0277. The molecule has 0 radical (unpaired) electrons. The van der Waals surface area contributed by atoms with E-state index in [1.54, 1.807) is 11.9 Å². The number of nitrogens with zero attached hydrogens (tertiary/aromatic N) is 1. The van der Waals surface area contributed by atoms with Crippen molar-refractivity contribution in [3.05, 3.63) is 0 Å². The Bertz CT molecular complexity index is 199. The van der Waals surface area contributed by atoms with Gasteiger partial charge < -0.3 is 9.64 Å². The third-order valence-electron chi connectivity index (χ3n) is 1.70. The zero-order chi connectivity index (χ0) is 10.8. The largest absolute Gasteiger partial charge is 0.380 e. The molecule has 0 fully saturated rings. The van der Waals surface area contributed by atoms with Gasteiger partial charge in [0, 0.05) is 20.2 Å². The molecule has 0 spiro atoms. The van der Waals surface area contributed by atoms with Crippen LogP contribution in [0.15, 0.2) is 0 Å². The van der Waals surface area contributed by atoms with Crippen LogP contribution in [0.25, 0.3) is 0 Å². The summed E-state index contributed by atoms with van der Waals surface area (Å²) in [6.07, 6.45) is 5.03. The molecule has 80 valence electrons. The molecule has 4 nitrogen and oxygen atoms in total. The molecule has 14 heavy (non-hydrogen) atoms. The minimum Gasteiger partial charge on any atom is -0.380 e. The maximum atomic E-state index is 11.4. The molecule has 0 saturated heterocycles. The number of amides is 1. The predicted octanol–water partition coefficient (Wildman–Crippen LogP) is -0.296. The van der Waals surface area contributed by atoms with E-state index in [0.717, 1.165) is 0 Å². The molecule has 0 rings (SSSR count). The van der Waals surface area contributed by atoms with Crippen molar-refractivity contribution in [1.82, 2.24) is 10.2 Å². The van der Waals surface area contributed by atoms with E-state index in [0.29, 0.717) is 26.3 Å². The summed E-state index contributed by atoms with van der Waals surface area (Å²) in [5.41, 5.74) is 0. The van der Waals surface area contributed by atoms with Crippen LogP contribution >= 0.6 is 0 Å². The van der Waals surface area contributed by atoms with Crippen LogP contribution in [0, 0.1) is 12.3 Å². The van der Waals surface area contributed by atoms with Gasteiger partial charge in [-0.3, -0.25) is 10.1 Å². The van der Waals surface area contributed by atoms with Gasteiger partial charge in [-0.1, -0.05) is 5.92 Å². The van der Waals surface area contributed by atoms with Crippen LogP contribution in [0.1, 0.15) is 6.92 Å². The van der Waals surface area contributed by atoms with Gasteiger partial charge in [0.15, 0.2) is 0 Å². The molecule has 0 atom stereocenters. The molecule has 1 amide bonds. The van der Waals surface area contributed by atoms with Crippen LogP contribution in [0.5, 0.6) is 0 Å². The zero-order valence-corrected chi connectivity index (χ0v) is 8.88. The Balaban J connectivity index is 3.50. The Morgan fingerprint density at radius 1 is 1.64 bits per heavy atom. The Morgan fingerprint density at radius 2 is 2.36 bits per heavy atom. The smallest absolute Gasteiger partial charge is 0.236 e. The van der Waals surface area contributed by atoms with Crippen molar-refractivity contribution in [2.24, 2.45) is 0 Å². The van der Waals surface area contributed by atoms with Crippen molar-refractivity contribution in [1.29, 1.82) is 0 Å². The third kappa shape index (κ3) is 6.46. The van der Waals surface area contributed by atoms with Crippen LogP contribution < -0.4 is 5.32 Å². The molecule has 0 heterocycles. The Labute approximate surface area is 85.6 Å². The normalized spacial score (nSPS) is 9.50. The molecule has 0 aromatic rings. The topological polar surface area (TPSA) is 41.6 Å². The molecule has 0 aliphatic rings. The number of hydrogen-bond acceptors (Lipinski definition) is 3. The SMILES string of the molecule is C#CCNCC(=O)N(C)CCOCC. The van der Waals surface area contributed by atoms with Gasteiger partial charge in [-0.2, -0.15) is 0 Å². The van der Waals surface area contributed by atoms with E-state index in [9.17, 15) is 4.79 Å². The number of carbonyl (C=O) groups excluding carboxylic acids is 1. The van der Waals surface area contributed by atoms with E-state index in [1.165, 1.54) is 0 Å². The van der Waals surface area contributed by atoms with E-state index in [-0.39, 0.29) is 12.5 Å². The molecule has 4 heteroatoms.